The highest BCUT2D eigenvalue weighted by Gasteiger charge is 2.36. The Morgan fingerprint density at radius 2 is 1.74 bits per heavy atom. The summed E-state index contributed by atoms with van der Waals surface area (Å²) >= 11 is 0. The van der Waals surface area contributed by atoms with Crippen molar-refractivity contribution >= 4 is 17.8 Å². The van der Waals surface area contributed by atoms with Crippen molar-refractivity contribution in [1.82, 2.24) is 20.9 Å². The van der Waals surface area contributed by atoms with Crippen LogP contribution < -0.4 is 16.0 Å². The molecule has 1 aromatic carbocycles. The molecule has 1 aliphatic heterocycles. The summed E-state index contributed by atoms with van der Waals surface area (Å²) in [4.78, 5) is 37.5. The largest absolute Gasteiger partial charge is 0.350 e. The summed E-state index contributed by atoms with van der Waals surface area (Å²) in [5.74, 6) is -0.526. The van der Waals surface area contributed by atoms with Gasteiger partial charge in [0.15, 0.2) is 0 Å². The van der Waals surface area contributed by atoms with Crippen molar-refractivity contribution in [1.29, 1.82) is 0 Å². The number of amides is 4. The molecule has 1 unspecified atom stereocenters. The maximum absolute atomic E-state index is 12.8. The van der Waals surface area contributed by atoms with Crippen LogP contribution in [0.25, 0.3) is 0 Å². The molecule has 0 spiro atoms. The zero-order chi connectivity index (χ0) is 20.0. The lowest BCUT2D eigenvalue weighted by Gasteiger charge is -2.32. The molecule has 7 nitrogen and oxygen atoms in total. The van der Waals surface area contributed by atoms with E-state index in [2.05, 4.69) is 16.0 Å². The molecule has 1 aliphatic rings. The Hall–Kier alpha value is -2.64. The standard InChI is InChI=1S/C19H27FN4O3/c1-19(2,3)24-12-13(10-16(24)25)11-23-18(27)22-9-8-21-17(26)14-4-6-15(20)7-5-14/h4-7,13H,8-12H2,1-3H3,(H,21,26)(H2,22,23,27). The fourth-order valence-corrected chi connectivity index (χ4v) is 2.92. The normalized spacial score (nSPS) is 17.0. The third-order valence-electron chi connectivity index (χ3n) is 4.37. The van der Waals surface area contributed by atoms with Crippen molar-refractivity contribution in [2.75, 3.05) is 26.2 Å². The summed E-state index contributed by atoms with van der Waals surface area (Å²) in [6.07, 6.45) is 0.436. The molecular weight excluding hydrogens is 351 g/mol. The number of benzene rings is 1. The number of likely N-dealkylation sites (tertiary alicyclic amines) is 1. The van der Waals surface area contributed by atoms with E-state index in [1.165, 1.54) is 24.3 Å². The molecule has 1 heterocycles. The third-order valence-corrected chi connectivity index (χ3v) is 4.37. The van der Waals surface area contributed by atoms with Crippen LogP contribution in [-0.4, -0.2) is 54.5 Å². The van der Waals surface area contributed by atoms with E-state index in [0.717, 1.165) is 0 Å². The minimum Gasteiger partial charge on any atom is -0.350 e. The first kappa shape index (κ1) is 20.7. The van der Waals surface area contributed by atoms with Crippen LogP contribution in [0.3, 0.4) is 0 Å². The van der Waals surface area contributed by atoms with E-state index in [1.54, 1.807) is 0 Å². The van der Waals surface area contributed by atoms with Gasteiger partial charge in [-0.05, 0) is 45.0 Å². The zero-order valence-corrected chi connectivity index (χ0v) is 16.0. The predicted octanol–water partition coefficient (Wildman–Crippen LogP) is 1.50. The van der Waals surface area contributed by atoms with Gasteiger partial charge in [0.25, 0.3) is 5.91 Å². The monoisotopic (exact) mass is 378 g/mol. The fourth-order valence-electron chi connectivity index (χ4n) is 2.92. The summed E-state index contributed by atoms with van der Waals surface area (Å²) < 4.78 is 12.8. The van der Waals surface area contributed by atoms with Crippen LogP contribution >= 0.6 is 0 Å². The second-order valence-electron chi connectivity index (χ2n) is 7.64. The number of hydrogen-bond donors (Lipinski definition) is 3. The molecule has 2 rings (SSSR count). The molecule has 1 atom stereocenters. The lowest BCUT2D eigenvalue weighted by Crippen LogP contribution is -2.44. The molecule has 8 heteroatoms. The second-order valence-corrected chi connectivity index (χ2v) is 7.64. The van der Waals surface area contributed by atoms with Gasteiger partial charge in [0, 0.05) is 49.6 Å². The van der Waals surface area contributed by atoms with Crippen molar-refractivity contribution in [3.05, 3.63) is 35.6 Å². The highest BCUT2D eigenvalue weighted by molar-refractivity contribution is 5.94. The Bertz CT molecular complexity index is 685. The summed E-state index contributed by atoms with van der Waals surface area (Å²) in [5.41, 5.74) is 0.145. The molecule has 4 amide bonds. The van der Waals surface area contributed by atoms with Crippen molar-refractivity contribution in [2.45, 2.75) is 32.7 Å². The number of urea groups is 1. The Morgan fingerprint density at radius 1 is 1.11 bits per heavy atom. The number of halogens is 1. The van der Waals surface area contributed by atoms with Crippen LogP contribution in [0.2, 0.25) is 0 Å². The second kappa shape index (κ2) is 8.83. The van der Waals surface area contributed by atoms with Gasteiger partial charge in [-0.1, -0.05) is 0 Å². The number of hydrogen-bond acceptors (Lipinski definition) is 3. The number of carbonyl (C=O) groups is 3. The topological polar surface area (TPSA) is 90.5 Å². The Kier molecular flexibility index (Phi) is 6.76. The van der Waals surface area contributed by atoms with Gasteiger partial charge < -0.3 is 20.9 Å². The van der Waals surface area contributed by atoms with Crippen molar-refractivity contribution in [3.8, 4) is 0 Å². The molecule has 3 N–H and O–H groups in total. The van der Waals surface area contributed by atoms with E-state index in [9.17, 15) is 18.8 Å². The lowest BCUT2D eigenvalue weighted by molar-refractivity contribution is -0.131. The quantitative estimate of drug-likeness (QED) is 0.655. The van der Waals surface area contributed by atoms with Gasteiger partial charge in [-0.2, -0.15) is 0 Å². The predicted molar refractivity (Wildman–Crippen MR) is 99.7 cm³/mol. The molecule has 1 aromatic rings. The van der Waals surface area contributed by atoms with E-state index >= 15 is 0 Å². The fraction of sp³-hybridized carbons (Fsp3) is 0.526. The van der Waals surface area contributed by atoms with E-state index in [0.29, 0.717) is 25.1 Å². The molecule has 0 radical (unpaired) electrons. The molecule has 27 heavy (non-hydrogen) atoms. The molecular formula is C19H27FN4O3. The minimum atomic E-state index is -0.403. The van der Waals surface area contributed by atoms with Gasteiger partial charge in [-0.3, -0.25) is 9.59 Å². The molecule has 1 saturated heterocycles. The first-order valence-electron chi connectivity index (χ1n) is 9.03. The molecule has 0 bridgehead atoms. The highest BCUT2D eigenvalue weighted by Crippen LogP contribution is 2.25. The summed E-state index contributed by atoms with van der Waals surface area (Å²) in [6.45, 7) is 7.55. The van der Waals surface area contributed by atoms with E-state index in [4.69, 9.17) is 0 Å². The SMILES string of the molecule is CC(C)(C)N1CC(CNC(=O)NCCNC(=O)c2ccc(F)cc2)CC1=O. The lowest BCUT2D eigenvalue weighted by atomic mass is 10.1. The maximum atomic E-state index is 12.8. The number of carbonyl (C=O) groups excluding carboxylic acids is 3. The van der Waals surface area contributed by atoms with Crippen LogP contribution in [0.4, 0.5) is 9.18 Å². The average Bonchev–Trinajstić information content (AvgIpc) is 2.98. The van der Waals surface area contributed by atoms with Gasteiger partial charge in [0.05, 0.1) is 0 Å². The minimum absolute atomic E-state index is 0.0978. The van der Waals surface area contributed by atoms with Crippen LogP contribution in [-0.2, 0) is 4.79 Å². The summed E-state index contributed by atoms with van der Waals surface area (Å²) in [7, 11) is 0. The van der Waals surface area contributed by atoms with Gasteiger partial charge >= 0.3 is 6.03 Å². The smallest absolute Gasteiger partial charge is 0.314 e. The van der Waals surface area contributed by atoms with Crippen molar-refractivity contribution in [2.24, 2.45) is 5.92 Å². The molecule has 1 fully saturated rings. The van der Waals surface area contributed by atoms with E-state index in [1.807, 2.05) is 25.7 Å². The summed E-state index contributed by atoms with van der Waals surface area (Å²) in [5, 5.41) is 8.06. The number of rotatable bonds is 6. The van der Waals surface area contributed by atoms with Gasteiger partial charge in [-0.15, -0.1) is 0 Å². The van der Waals surface area contributed by atoms with Crippen LogP contribution in [0.15, 0.2) is 24.3 Å². The molecule has 148 valence electrons. The van der Waals surface area contributed by atoms with Crippen LogP contribution in [0.1, 0.15) is 37.6 Å². The van der Waals surface area contributed by atoms with E-state index < -0.39 is 5.82 Å². The average molecular weight is 378 g/mol. The highest BCUT2D eigenvalue weighted by atomic mass is 19.1. The number of nitrogens with one attached hydrogen (secondary N) is 3. The maximum Gasteiger partial charge on any atom is 0.314 e. The van der Waals surface area contributed by atoms with E-state index in [-0.39, 0.29) is 42.4 Å². The Labute approximate surface area is 158 Å². The third kappa shape index (κ3) is 6.23. The van der Waals surface area contributed by atoms with Crippen LogP contribution in [0, 0.1) is 11.7 Å². The Morgan fingerprint density at radius 3 is 2.33 bits per heavy atom. The molecule has 0 saturated carbocycles. The summed E-state index contributed by atoms with van der Waals surface area (Å²) in [6, 6.07) is 4.89. The number of nitrogens with zero attached hydrogens (tertiary/aromatic N) is 1. The van der Waals surface area contributed by atoms with Gasteiger partial charge in [-0.25, -0.2) is 9.18 Å². The first-order chi connectivity index (χ1) is 12.7. The zero-order valence-electron chi connectivity index (χ0n) is 16.0. The molecule has 0 aromatic heterocycles. The van der Waals surface area contributed by atoms with Crippen LogP contribution in [0.5, 0.6) is 0 Å². The van der Waals surface area contributed by atoms with Gasteiger partial charge in [0.1, 0.15) is 5.82 Å². The Balaban J connectivity index is 1.62. The van der Waals surface area contributed by atoms with Gasteiger partial charge in [0.2, 0.25) is 5.91 Å². The first-order valence-corrected chi connectivity index (χ1v) is 9.03. The molecule has 0 aliphatic carbocycles. The van der Waals surface area contributed by atoms with Crippen molar-refractivity contribution < 1.29 is 18.8 Å². The van der Waals surface area contributed by atoms with Crippen molar-refractivity contribution in [3.63, 3.8) is 0 Å².